The molecular formula is C12H18F2N4O2S. The van der Waals surface area contributed by atoms with Crippen molar-refractivity contribution in [3.05, 3.63) is 5.82 Å². The van der Waals surface area contributed by atoms with Gasteiger partial charge in [-0.3, -0.25) is 5.32 Å². The third kappa shape index (κ3) is 4.85. The zero-order chi connectivity index (χ0) is 15.5. The van der Waals surface area contributed by atoms with Gasteiger partial charge in [0.2, 0.25) is 5.13 Å². The summed E-state index contributed by atoms with van der Waals surface area (Å²) in [6.07, 6.45) is 0.710. The lowest BCUT2D eigenvalue weighted by atomic mass is 10.1. The maximum atomic E-state index is 13.4. The van der Waals surface area contributed by atoms with Gasteiger partial charge in [0.15, 0.2) is 0 Å². The fraction of sp³-hybridized carbons (Fsp3) is 0.750. The molecule has 0 aromatic carbocycles. The van der Waals surface area contributed by atoms with Crippen molar-refractivity contribution < 1.29 is 18.3 Å². The van der Waals surface area contributed by atoms with Crippen LogP contribution in [0.5, 0.6) is 0 Å². The minimum atomic E-state index is -3.03. The zero-order valence-corrected chi connectivity index (χ0v) is 12.8. The van der Waals surface area contributed by atoms with E-state index in [0.717, 1.165) is 16.4 Å². The van der Waals surface area contributed by atoms with Gasteiger partial charge in [-0.2, -0.15) is 4.37 Å². The van der Waals surface area contributed by atoms with Crippen LogP contribution in [-0.4, -0.2) is 52.5 Å². The molecule has 9 heteroatoms. The van der Waals surface area contributed by atoms with Gasteiger partial charge in [0, 0.05) is 24.5 Å². The first-order chi connectivity index (χ1) is 9.85. The first-order valence-electron chi connectivity index (χ1n) is 6.70. The molecule has 1 saturated heterocycles. The molecule has 1 aromatic heterocycles. The zero-order valence-electron chi connectivity index (χ0n) is 11.9. The molecule has 1 aliphatic rings. The second-order valence-corrected chi connectivity index (χ2v) is 6.13. The Hall–Kier alpha value is -1.35. The summed E-state index contributed by atoms with van der Waals surface area (Å²) >= 11 is 1.05. The number of urea groups is 1. The van der Waals surface area contributed by atoms with Crippen molar-refractivity contribution in [3.63, 3.8) is 0 Å². The largest absolute Gasteiger partial charge is 0.373 e. The first-order valence-corrected chi connectivity index (χ1v) is 7.47. The molecule has 2 amide bonds. The maximum Gasteiger partial charge on any atom is 0.323 e. The molecule has 1 N–H and O–H groups in total. The molecule has 21 heavy (non-hydrogen) atoms. The molecule has 2 rings (SSSR count). The van der Waals surface area contributed by atoms with Crippen LogP contribution in [0.4, 0.5) is 18.7 Å². The Bertz CT molecular complexity index is 495. The number of nitrogens with one attached hydrogen (secondary N) is 1. The molecule has 6 nitrogen and oxygen atoms in total. The molecule has 0 spiro atoms. The van der Waals surface area contributed by atoms with Crippen LogP contribution in [0.1, 0.15) is 19.7 Å². The van der Waals surface area contributed by atoms with Gasteiger partial charge in [-0.25, -0.2) is 18.6 Å². The summed E-state index contributed by atoms with van der Waals surface area (Å²) in [5.41, 5.74) is 0. The topological polar surface area (TPSA) is 67.4 Å². The molecule has 118 valence electrons. The SMILES string of the molecule is CC(C)Cc1nsc(NC(=O)N2CCOCC(F)(F)C2)n1. The lowest BCUT2D eigenvalue weighted by molar-refractivity contribution is -0.0648. The van der Waals surface area contributed by atoms with E-state index in [1.165, 1.54) is 0 Å². The molecule has 0 saturated carbocycles. The molecule has 0 aliphatic carbocycles. The highest BCUT2D eigenvalue weighted by Crippen LogP contribution is 2.20. The third-order valence-corrected chi connectivity index (χ3v) is 3.47. The van der Waals surface area contributed by atoms with E-state index in [0.29, 0.717) is 23.3 Å². The molecule has 1 aliphatic heterocycles. The number of carbonyl (C=O) groups is 1. The van der Waals surface area contributed by atoms with Gasteiger partial charge < -0.3 is 9.64 Å². The van der Waals surface area contributed by atoms with Crippen LogP contribution in [0.3, 0.4) is 0 Å². The van der Waals surface area contributed by atoms with Gasteiger partial charge >= 0.3 is 6.03 Å². The highest BCUT2D eigenvalue weighted by atomic mass is 32.1. The van der Waals surface area contributed by atoms with Crippen LogP contribution in [0, 0.1) is 5.92 Å². The van der Waals surface area contributed by atoms with Crippen LogP contribution in [-0.2, 0) is 11.2 Å². The van der Waals surface area contributed by atoms with E-state index in [9.17, 15) is 13.6 Å². The standard InChI is InChI=1S/C12H18F2N4O2S/c1-8(2)5-9-15-10(21-17-9)16-11(19)18-3-4-20-7-12(13,14)6-18/h8H,3-7H2,1-2H3,(H,15,16,17,19). The van der Waals surface area contributed by atoms with Crippen molar-refractivity contribution in [3.8, 4) is 0 Å². The monoisotopic (exact) mass is 320 g/mol. The lowest BCUT2D eigenvalue weighted by Crippen LogP contribution is -2.43. The summed E-state index contributed by atoms with van der Waals surface area (Å²) in [4.78, 5) is 17.2. The highest BCUT2D eigenvalue weighted by Gasteiger charge is 2.36. The summed E-state index contributed by atoms with van der Waals surface area (Å²) in [6, 6.07) is -0.604. The van der Waals surface area contributed by atoms with E-state index >= 15 is 0 Å². The van der Waals surface area contributed by atoms with Crippen molar-refractivity contribution in [1.82, 2.24) is 14.3 Å². The summed E-state index contributed by atoms with van der Waals surface area (Å²) in [5, 5.41) is 2.84. The fourth-order valence-corrected chi connectivity index (χ4v) is 2.48. The number of halogens is 2. The van der Waals surface area contributed by atoms with Crippen molar-refractivity contribution in [2.45, 2.75) is 26.2 Å². The van der Waals surface area contributed by atoms with E-state index < -0.39 is 25.1 Å². The molecule has 0 radical (unpaired) electrons. The van der Waals surface area contributed by atoms with Crippen molar-refractivity contribution in [1.29, 1.82) is 0 Å². The van der Waals surface area contributed by atoms with Gasteiger partial charge in [-0.1, -0.05) is 13.8 Å². The Morgan fingerprint density at radius 3 is 3.05 bits per heavy atom. The first kappa shape index (κ1) is 16.0. The van der Waals surface area contributed by atoms with E-state index in [1.54, 1.807) is 0 Å². The number of rotatable bonds is 3. The Kier molecular flexibility index (Phi) is 5.04. The van der Waals surface area contributed by atoms with E-state index in [4.69, 9.17) is 4.74 Å². The Morgan fingerprint density at radius 2 is 2.33 bits per heavy atom. The predicted octanol–water partition coefficient (Wildman–Crippen LogP) is 2.24. The smallest absolute Gasteiger partial charge is 0.323 e. The Morgan fingerprint density at radius 1 is 1.57 bits per heavy atom. The minimum Gasteiger partial charge on any atom is -0.373 e. The number of alkyl halides is 2. The minimum absolute atomic E-state index is 0.0950. The van der Waals surface area contributed by atoms with Crippen molar-refractivity contribution in [2.24, 2.45) is 5.92 Å². The average Bonchev–Trinajstić information content (AvgIpc) is 2.69. The third-order valence-electron chi connectivity index (χ3n) is 2.80. The Labute approximate surface area is 125 Å². The summed E-state index contributed by atoms with van der Waals surface area (Å²) in [6.45, 7) is 2.98. The molecular weight excluding hydrogens is 302 g/mol. The van der Waals surface area contributed by atoms with E-state index in [-0.39, 0.29) is 13.2 Å². The average molecular weight is 320 g/mol. The quantitative estimate of drug-likeness (QED) is 0.927. The Balaban J connectivity index is 1.95. The van der Waals surface area contributed by atoms with Crippen molar-refractivity contribution in [2.75, 3.05) is 31.6 Å². The van der Waals surface area contributed by atoms with Crippen molar-refractivity contribution >= 4 is 22.7 Å². The van der Waals surface area contributed by atoms with E-state index in [1.807, 2.05) is 13.8 Å². The van der Waals surface area contributed by atoms with Gasteiger partial charge in [0.1, 0.15) is 12.4 Å². The fourth-order valence-electron chi connectivity index (χ4n) is 1.90. The number of hydrogen-bond acceptors (Lipinski definition) is 5. The van der Waals surface area contributed by atoms with Gasteiger partial charge in [-0.15, -0.1) is 0 Å². The number of hydrogen-bond donors (Lipinski definition) is 1. The molecule has 2 heterocycles. The van der Waals surface area contributed by atoms with Crippen LogP contribution in [0.25, 0.3) is 0 Å². The predicted molar refractivity (Wildman–Crippen MR) is 74.8 cm³/mol. The lowest BCUT2D eigenvalue weighted by Gasteiger charge is -2.22. The van der Waals surface area contributed by atoms with E-state index in [2.05, 4.69) is 14.7 Å². The van der Waals surface area contributed by atoms with Crippen LogP contribution >= 0.6 is 11.5 Å². The summed E-state index contributed by atoms with van der Waals surface area (Å²) < 4.78 is 35.7. The van der Waals surface area contributed by atoms with Gasteiger partial charge in [0.25, 0.3) is 5.92 Å². The number of anilines is 1. The number of ether oxygens (including phenoxy) is 1. The highest BCUT2D eigenvalue weighted by molar-refractivity contribution is 7.09. The second-order valence-electron chi connectivity index (χ2n) is 5.37. The second kappa shape index (κ2) is 6.61. The molecule has 0 bridgehead atoms. The number of carbonyl (C=O) groups excluding carboxylic acids is 1. The molecule has 1 aromatic rings. The summed E-state index contributed by atoms with van der Waals surface area (Å²) in [7, 11) is 0. The number of aromatic nitrogens is 2. The van der Waals surface area contributed by atoms with Gasteiger partial charge in [0.05, 0.1) is 13.2 Å². The number of amides is 2. The van der Waals surface area contributed by atoms with Gasteiger partial charge in [-0.05, 0) is 5.92 Å². The normalized spacial score (nSPS) is 18.6. The van der Waals surface area contributed by atoms with Crippen LogP contribution in [0.15, 0.2) is 0 Å². The van der Waals surface area contributed by atoms with Crippen LogP contribution in [0.2, 0.25) is 0 Å². The maximum absolute atomic E-state index is 13.4. The van der Waals surface area contributed by atoms with Crippen LogP contribution < -0.4 is 5.32 Å². The number of nitrogens with zero attached hydrogens (tertiary/aromatic N) is 3. The molecule has 0 unspecified atom stereocenters. The molecule has 1 fully saturated rings. The molecule has 0 atom stereocenters. The summed E-state index contributed by atoms with van der Waals surface area (Å²) in [5.74, 6) is -1.97.